The molecule has 1 saturated heterocycles. The number of aromatic nitrogens is 4. The van der Waals surface area contributed by atoms with Gasteiger partial charge >= 0.3 is 8.60 Å². The van der Waals surface area contributed by atoms with Gasteiger partial charge in [-0.1, -0.05) is 64.7 Å². The lowest BCUT2D eigenvalue weighted by Gasteiger charge is -2.44. The summed E-state index contributed by atoms with van der Waals surface area (Å²) in [4.78, 5) is 13.2. The van der Waals surface area contributed by atoms with Crippen molar-refractivity contribution < 1.29 is 27.2 Å². The summed E-state index contributed by atoms with van der Waals surface area (Å²) in [6.07, 6.45) is 3.78. The van der Waals surface area contributed by atoms with Crippen LogP contribution in [0.15, 0.2) is 43.2 Å². The molecule has 0 amide bonds. The molecule has 1 fully saturated rings. The average molecular weight is 743 g/mol. The maximum Gasteiger partial charge on any atom is 0.397 e. The van der Waals surface area contributed by atoms with Crippen LogP contribution in [0.2, 0.25) is 46.3 Å². The van der Waals surface area contributed by atoms with Gasteiger partial charge in [0.2, 0.25) is 0 Å². The molecule has 1 unspecified atom stereocenters. The zero-order chi connectivity index (χ0) is 34.5. The topological polar surface area (TPSA) is 125 Å². The van der Waals surface area contributed by atoms with Crippen LogP contribution in [0, 0.1) is 0 Å². The predicted molar refractivity (Wildman–Crippen MR) is 191 cm³/mol. The van der Waals surface area contributed by atoms with E-state index >= 15 is 0 Å². The van der Waals surface area contributed by atoms with Gasteiger partial charge < -0.3 is 23.8 Å². The summed E-state index contributed by atoms with van der Waals surface area (Å²) in [5.41, 5.74) is 7.94. The number of benzene rings is 1. The van der Waals surface area contributed by atoms with E-state index in [0.717, 1.165) is 5.56 Å². The molecule has 16 heteroatoms. The van der Waals surface area contributed by atoms with Gasteiger partial charge in [0.15, 0.2) is 34.3 Å². The highest BCUT2D eigenvalue weighted by Gasteiger charge is 2.55. The van der Waals surface area contributed by atoms with Crippen molar-refractivity contribution in [1.29, 1.82) is 0 Å². The van der Waals surface area contributed by atoms with Crippen LogP contribution in [0.5, 0.6) is 0 Å². The largest absolute Gasteiger partial charge is 0.435 e. The van der Waals surface area contributed by atoms with E-state index in [-0.39, 0.29) is 16.7 Å². The van der Waals surface area contributed by atoms with Crippen molar-refractivity contribution in [3.05, 3.63) is 58.8 Å². The molecule has 5 rings (SSSR count). The number of nitrogen functional groups attached to an aromatic ring is 1. The van der Waals surface area contributed by atoms with Gasteiger partial charge in [-0.25, -0.2) is 15.0 Å². The lowest BCUT2D eigenvalue weighted by molar-refractivity contribution is -0.0480. The van der Waals surface area contributed by atoms with Gasteiger partial charge in [-0.15, -0.1) is 0 Å². The Balaban J connectivity index is 1.49. The average Bonchev–Trinajstić information content (AvgIpc) is 3.54. The van der Waals surface area contributed by atoms with Crippen molar-refractivity contribution in [3.8, 4) is 0 Å². The summed E-state index contributed by atoms with van der Waals surface area (Å²) in [5, 5.41) is 0.942. The fourth-order valence-electron chi connectivity index (χ4n) is 4.82. The molecule has 258 valence electrons. The number of imidazole rings is 1. The smallest absolute Gasteiger partial charge is 0.397 e. The Morgan fingerprint density at radius 1 is 0.957 bits per heavy atom. The minimum atomic E-state index is -2.36. The molecule has 4 heterocycles. The number of fused-ring (bicyclic) bond motifs is 1. The fourth-order valence-corrected chi connectivity index (χ4v) is 8.81. The lowest BCUT2D eigenvalue weighted by Crippen LogP contribution is -2.54. The monoisotopic (exact) mass is 741 g/mol. The first-order chi connectivity index (χ1) is 21.8. The summed E-state index contributed by atoms with van der Waals surface area (Å²) in [6, 6.07) is 5.25. The molecular weight excluding hydrogens is 696 g/mol. The molecular formula is C31H46Cl2N5O6PSi2. The van der Waals surface area contributed by atoms with Crippen molar-refractivity contribution in [2.75, 3.05) is 12.3 Å². The third-order valence-electron chi connectivity index (χ3n) is 9.63. The Hall–Kier alpha value is -1.65. The van der Waals surface area contributed by atoms with Gasteiger partial charge in [-0.05, 0) is 60.5 Å². The molecule has 2 aliphatic rings. The second kappa shape index (κ2) is 13.6. The maximum atomic E-state index is 7.21. The van der Waals surface area contributed by atoms with Gasteiger partial charge in [0.05, 0.1) is 19.2 Å². The van der Waals surface area contributed by atoms with Crippen LogP contribution >= 0.6 is 31.8 Å². The molecule has 0 aliphatic carbocycles. The maximum absolute atomic E-state index is 7.21. The summed E-state index contributed by atoms with van der Waals surface area (Å²) < 4.78 is 41.4. The molecule has 2 aliphatic heterocycles. The quantitative estimate of drug-likeness (QED) is 0.168. The number of anilines is 1. The summed E-state index contributed by atoms with van der Waals surface area (Å²) in [7, 11) is -6.52. The summed E-state index contributed by atoms with van der Waals surface area (Å²) in [6.45, 7) is 22.3. The molecule has 0 spiro atoms. The highest BCUT2D eigenvalue weighted by atomic mass is 35.5. The Labute approximate surface area is 290 Å². The van der Waals surface area contributed by atoms with Gasteiger partial charge in [0.25, 0.3) is 0 Å². The number of halogens is 2. The normalized spacial score (nSPS) is 25.8. The Bertz CT molecular complexity index is 1620. The molecule has 6 atom stereocenters. The zero-order valence-electron chi connectivity index (χ0n) is 28.7. The summed E-state index contributed by atoms with van der Waals surface area (Å²) >= 11 is 12.7. The molecule has 3 aromatic rings. The number of hydrogen-bond donors (Lipinski definition) is 1. The predicted octanol–water partition coefficient (Wildman–Crippen LogP) is 8.94. The van der Waals surface area contributed by atoms with Crippen LogP contribution in [-0.2, 0) is 27.2 Å². The van der Waals surface area contributed by atoms with Crippen LogP contribution in [0.3, 0.4) is 0 Å². The number of rotatable bonds is 9. The molecule has 0 bridgehead atoms. The first-order valence-electron chi connectivity index (χ1n) is 15.6. The lowest BCUT2D eigenvalue weighted by atomic mass is 10.1. The van der Waals surface area contributed by atoms with Crippen molar-refractivity contribution in [2.24, 2.45) is 0 Å². The van der Waals surface area contributed by atoms with Crippen LogP contribution < -0.4 is 5.73 Å². The third-order valence-corrected chi connectivity index (χ3v) is 20.2. The van der Waals surface area contributed by atoms with Crippen molar-refractivity contribution in [1.82, 2.24) is 19.5 Å². The first-order valence-corrected chi connectivity index (χ1v) is 23.3. The molecule has 1 aromatic carbocycles. The standard InChI is InChI=1S/C31H46Cl2N5O6PSi2/c1-30(2,3)46(7,8)43-25-23(16-40-45-39-14-13-22(42-45)20-15-19(32)11-12-21(20)33)41-29(26(25)44-47(9,10)31(4,5)6)38-18-37-24-27(34)35-17-36-28(24)38/h11-15,17-18,22-23,25-26,29H,16H2,1-10H3,(H2,34,35,36)/t22-,23-,25-,26-,29-,45?/m1/s1. The van der Waals surface area contributed by atoms with Gasteiger partial charge in [-0.2, -0.15) is 0 Å². The van der Waals surface area contributed by atoms with Gasteiger partial charge in [0.1, 0.15) is 36.3 Å². The highest BCUT2D eigenvalue weighted by Crippen LogP contribution is 2.51. The molecule has 0 saturated carbocycles. The van der Waals surface area contributed by atoms with Crippen LogP contribution in [0.1, 0.15) is 59.4 Å². The van der Waals surface area contributed by atoms with E-state index in [1.54, 1.807) is 36.9 Å². The van der Waals surface area contributed by atoms with Gasteiger partial charge in [-0.3, -0.25) is 13.6 Å². The van der Waals surface area contributed by atoms with E-state index in [9.17, 15) is 0 Å². The van der Waals surface area contributed by atoms with E-state index in [1.807, 2.05) is 4.57 Å². The number of nitrogens with two attached hydrogens (primary N) is 1. The zero-order valence-corrected chi connectivity index (χ0v) is 33.1. The van der Waals surface area contributed by atoms with E-state index < -0.39 is 55.9 Å². The fraction of sp³-hybridized carbons (Fsp3) is 0.581. The molecule has 2 aromatic heterocycles. The molecule has 2 N–H and O–H groups in total. The van der Waals surface area contributed by atoms with E-state index in [4.69, 9.17) is 56.1 Å². The second-order valence-corrected chi connectivity index (χ2v) is 26.5. The van der Waals surface area contributed by atoms with Crippen LogP contribution in [0.25, 0.3) is 11.2 Å². The number of nitrogens with zero attached hydrogens (tertiary/aromatic N) is 4. The Kier molecular flexibility index (Phi) is 10.6. The Morgan fingerprint density at radius 2 is 1.62 bits per heavy atom. The molecule has 47 heavy (non-hydrogen) atoms. The van der Waals surface area contributed by atoms with E-state index in [1.165, 1.54) is 6.33 Å². The second-order valence-electron chi connectivity index (χ2n) is 15.0. The SMILES string of the molecule is CC(C)(C)[Si](C)(C)O[C@@H]1[C@H](O[Si](C)(C)C(C)(C)C)[C@@H](COP2OC=C[C@H](c3cc(Cl)ccc3Cl)O2)O[C@H]1n1cnc2c(N)ncnc21. The minimum absolute atomic E-state index is 0.0741. The molecule has 11 nitrogen and oxygen atoms in total. The summed E-state index contributed by atoms with van der Waals surface area (Å²) in [5.74, 6) is 0.291. The first kappa shape index (κ1) is 36.6. The molecule has 0 radical (unpaired) electrons. The van der Waals surface area contributed by atoms with Gasteiger partial charge in [0, 0.05) is 15.6 Å². The number of ether oxygens (including phenoxy) is 1. The van der Waals surface area contributed by atoms with Crippen molar-refractivity contribution >= 4 is 65.4 Å². The number of hydrogen-bond acceptors (Lipinski definition) is 10. The van der Waals surface area contributed by atoms with Crippen LogP contribution in [-0.4, -0.2) is 61.1 Å². The van der Waals surface area contributed by atoms with E-state index in [0.29, 0.717) is 27.0 Å². The Morgan fingerprint density at radius 3 is 2.28 bits per heavy atom. The van der Waals surface area contributed by atoms with Crippen LogP contribution in [0.4, 0.5) is 5.82 Å². The third kappa shape index (κ3) is 7.75. The van der Waals surface area contributed by atoms with Crippen molar-refractivity contribution in [2.45, 2.75) is 108 Å². The minimum Gasteiger partial charge on any atom is -0.435 e. The highest BCUT2D eigenvalue weighted by molar-refractivity contribution is 7.41. The van der Waals surface area contributed by atoms with Crippen molar-refractivity contribution in [3.63, 3.8) is 0 Å². The van der Waals surface area contributed by atoms with E-state index in [2.05, 4.69) is 82.7 Å².